The number of ether oxygens (including phenoxy) is 1. The maximum Gasteiger partial charge on any atom is 0.237 e. The number of nitrogens with zero attached hydrogens (tertiary/aromatic N) is 3. The molecule has 0 spiro atoms. The minimum atomic E-state index is -0.455. The molecule has 38 heavy (non-hydrogen) atoms. The molecule has 5 aromatic rings. The van der Waals surface area contributed by atoms with Gasteiger partial charge in [-0.25, -0.2) is 0 Å². The first-order valence-corrected chi connectivity index (χ1v) is 13.1. The third kappa shape index (κ3) is 5.76. The fourth-order valence-corrected chi connectivity index (χ4v) is 4.84. The summed E-state index contributed by atoms with van der Waals surface area (Å²) in [7, 11) is 0. The third-order valence-electron chi connectivity index (χ3n) is 6.01. The Hall–Kier alpha value is -4.43. The minimum Gasteiger partial charge on any atom is -0.486 e. The summed E-state index contributed by atoms with van der Waals surface area (Å²) in [6.07, 6.45) is 0. The second-order valence-corrected chi connectivity index (χ2v) is 10.1. The van der Waals surface area contributed by atoms with E-state index in [0.29, 0.717) is 22.2 Å². The van der Waals surface area contributed by atoms with Crippen LogP contribution in [0.25, 0.3) is 16.5 Å². The quantitative estimate of drug-likeness (QED) is 0.180. The van der Waals surface area contributed by atoms with Crippen LogP contribution in [0.3, 0.4) is 0 Å². The van der Waals surface area contributed by atoms with E-state index >= 15 is 0 Å². The number of carbonyl (C=O) groups is 2. The molecule has 0 aliphatic carbocycles. The predicted molar refractivity (Wildman–Crippen MR) is 150 cm³/mol. The lowest BCUT2D eigenvalue weighted by Gasteiger charge is -2.14. The van der Waals surface area contributed by atoms with E-state index in [1.807, 2.05) is 78.2 Å². The molecule has 190 valence electrons. The number of amides is 1. The van der Waals surface area contributed by atoms with E-state index in [1.54, 1.807) is 24.3 Å². The Morgan fingerprint density at radius 3 is 2.34 bits per heavy atom. The molecule has 0 aliphatic rings. The SMILES string of the molecule is CC(=O)c1ccc(NC(=O)C(C)Sc2nnc(COc3ccc4ccccc4c3)n2-c2ccccc2)cc1. The summed E-state index contributed by atoms with van der Waals surface area (Å²) < 4.78 is 8.01. The molecule has 1 amide bonds. The van der Waals surface area contributed by atoms with E-state index in [9.17, 15) is 9.59 Å². The van der Waals surface area contributed by atoms with Crippen LogP contribution in [0.5, 0.6) is 5.75 Å². The number of hydrogen-bond donors (Lipinski definition) is 1. The van der Waals surface area contributed by atoms with E-state index in [4.69, 9.17) is 4.74 Å². The van der Waals surface area contributed by atoms with Gasteiger partial charge in [0, 0.05) is 16.9 Å². The molecule has 7 nitrogen and oxygen atoms in total. The van der Waals surface area contributed by atoms with Gasteiger partial charge in [-0.15, -0.1) is 10.2 Å². The molecule has 0 saturated carbocycles. The van der Waals surface area contributed by atoms with Gasteiger partial charge in [0.05, 0.1) is 5.25 Å². The lowest BCUT2D eigenvalue weighted by Crippen LogP contribution is -2.23. The van der Waals surface area contributed by atoms with Crippen LogP contribution in [-0.4, -0.2) is 31.7 Å². The van der Waals surface area contributed by atoms with Gasteiger partial charge in [-0.3, -0.25) is 14.2 Å². The number of Topliss-reactive ketones (excluding diaryl/α,β-unsaturated/α-hetero) is 1. The zero-order valence-corrected chi connectivity index (χ0v) is 21.8. The Balaban J connectivity index is 1.33. The van der Waals surface area contributed by atoms with Gasteiger partial charge >= 0.3 is 0 Å². The first-order chi connectivity index (χ1) is 18.5. The van der Waals surface area contributed by atoms with Crippen LogP contribution in [0.1, 0.15) is 30.0 Å². The zero-order chi connectivity index (χ0) is 26.5. The lowest BCUT2D eigenvalue weighted by atomic mass is 10.1. The van der Waals surface area contributed by atoms with Crippen LogP contribution < -0.4 is 10.1 Å². The van der Waals surface area contributed by atoms with Crippen molar-refractivity contribution in [2.45, 2.75) is 30.9 Å². The Morgan fingerprint density at radius 2 is 1.61 bits per heavy atom. The first-order valence-electron chi connectivity index (χ1n) is 12.2. The topological polar surface area (TPSA) is 86.1 Å². The molecule has 0 radical (unpaired) electrons. The molecule has 1 aromatic heterocycles. The minimum absolute atomic E-state index is 0.0209. The summed E-state index contributed by atoms with van der Waals surface area (Å²) in [5.41, 5.74) is 2.10. The molecule has 8 heteroatoms. The van der Waals surface area contributed by atoms with E-state index in [-0.39, 0.29) is 18.3 Å². The van der Waals surface area contributed by atoms with Crippen LogP contribution in [0, 0.1) is 0 Å². The number of rotatable bonds is 9. The monoisotopic (exact) mass is 522 g/mol. The van der Waals surface area contributed by atoms with E-state index < -0.39 is 5.25 Å². The number of aromatic nitrogens is 3. The number of nitrogens with one attached hydrogen (secondary N) is 1. The third-order valence-corrected chi connectivity index (χ3v) is 7.06. The standard InChI is InChI=1S/C30H26N4O3S/c1-20(35)22-12-15-25(16-13-22)31-29(36)21(2)38-30-33-32-28(34(30)26-10-4-3-5-11-26)19-37-27-17-14-23-8-6-7-9-24(23)18-27/h3-18,21H,19H2,1-2H3,(H,31,36). The Morgan fingerprint density at radius 1 is 0.895 bits per heavy atom. The summed E-state index contributed by atoms with van der Waals surface area (Å²) in [5, 5.41) is 14.1. The summed E-state index contributed by atoms with van der Waals surface area (Å²) in [4.78, 5) is 24.4. The fraction of sp³-hybridized carbons (Fsp3) is 0.133. The molecule has 0 aliphatic heterocycles. The number of benzene rings is 4. The van der Waals surface area contributed by atoms with Gasteiger partial charge in [0.25, 0.3) is 0 Å². The molecule has 0 bridgehead atoms. The lowest BCUT2D eigenvalue weighted by molar-refractivity contribution is -0.115. The second kappa shape index (κ2) is 11.3. The van der Waals surface area contributed by atoms with Crippen molar-refractivity contribution >= 4 is 39.9 Å². The van der Waals surface area contributed by atoms with Gasteiger partial charge in [0.1, 0.15) is 12.4 Å². The summed E-state index contributed by atoms with van der Waals surface area (Å²) in [6, 6.07) is 30.7. The smallest absolute Gasteiger partial charge is 0.237 e. The van der Waals surface area contributed by atoms with Crippen molar-refractivity contribution in [2.75, 3.05) is 5.32 Å². The number of carbonyl (C=O) groups excluding carboxylic acids is 2. The Labute approximate surface area is 224 Å². The fourth-order valence-electron chi connectivity index (χ4n) is 3.96. The van der Waals surface area contributed by atoms with Crippen molar-refractivity contribution in [1.82, 2.24) is 14.8 Å². The Bertz CT molecular complexity index is 1580. The molecule has 5 rings (SSSR count). The van der Waals surface area contributed by atoms with Crippen LogP contribution in [0.4, 0.5) is 5.69 Å². The average molecular weight is 523 g/mol. The molecule has 1 atom stereocenters. The summed E-state index contributed by atoms with van der Waals surface area (Å²) >= 11 is 1.31. The number of ketones is 1. The van der Waals surface area contributed by atoms with E-state index in [0.717, 1.165) is 22.2 Å². The molecule has 1 N–H and O–H groups in total. The van der Waals surface area contributed by atoms with Gasteiger partial charge < -0.3 is 10.1 Å². The molecule has 1 unspecified atom stereocenters. The molecule has 0 fully saturated rings. The number of anilines is 1. The van der Waals surface area contributed by atoms with Gasteiger partial charge in [-0.1, -0.05) is 60.3 Å². The van der Waals surface area contributed by atoms with Gasteiger partial charge in [0.15, 0.2) is 16.8 Å². The zero-order valence-electron chi connectivity index (χ0n) is 21.0. The van der Waals surface area contributed by atoms with Gasteiger partial charge in [-0.2, -0.15) is 0 Å². The normalized spacial score (nSPS) is 11.7. The van der Waals surface area contributed by atoms with Crippen LogP contribution >= 0.6 is 11.8 Å². The second-order valence-electron chi connectivity index (χ2n) is 8.75. The van der Waals surface area contributed by atoms with Gasteiger partial charge in [0.2, 0.25) is 5.91 Å². The average Bonchev–Trinajstić information content (AvgIpc) is 3.34. The molecular formula is C30H26N4O3S. The first kappa shape index (κ1) is 25.2. The summed E-state index contributed by atoms with van der Waals surface area (Å²) in [6.45, 7) is 3.54. The highest BCUT2D eigenvalue weighted by molar-refractivity contribution is 8.00. The Kier molecular flexibility index (Phi) is 7.51. The molecule has 4 aromatic carbocycles. The van der Waals surface area contributed by atoms with Crippen molar-refractivity contribution < 1.29 is 14.3 Å². The van der Waals surface area contributed by atoms with Crippen molar-refractivity contribution in [3.63, 3.8) is 0 Å². The molecular weight excluding hydrogens is 496 g/mol. The predicted octanol–water partition coefficient (Wildman–Crippen LogP) is 6.32. The highest BCUT2D eigenvalue weighted by atomic mass is 32.2. The number of fused-ring (bicyclic) bond motifs is 1. The van der Waals surface area contributed by atoms with Crippen molar-refractivity contribution in [3.05, 3.63) is 108 Å². The highest BCUT2D eigenvalue weighted by Crippen LogP contribution is 2.28. The molecule has 0 saturated heterocycles. The maximum absolute atomic E-state index is 12.9. The van der Waals surface area contributed by atoms with Crippen LogP contribution in [0.2, 0.25) is 0 Å². The van der Waals surface area contributed by atoms with Crippen LogP contribution in [-0.2, 0) is 11.4 Å². The van der Waals surface area contributed by atoms with Crippen molar-refractivity contribution in [3.8, 4) is 11.4 Å². The number of hydrogen-bond acceptors (Lipinski definition) is 6. The largest absolute Gasteiger partial charge is 0.486 e. The van der Waals surface area contributed by atoms with E-state index in [2.05, 4.69) is 21.6 Å². The number of para-hydroxylation sites is 1. The number of thioether (sulfide) groups is 1. The van der Waals surface area contributed by atoms with Crippen molar-refractivity contribution in [2.24, 2.45) is 0 Å². The van der Waals surface area contributed by atoms with Crippen molar-refractivity contribution in [1.29, 1.82) is 0 Å². The summed E-state index contributed by atoms with van der Waals surface area (Å²) in [5.74, 6) is 1.16. The van der Waals surface area contributed by atoms with E-state index in [1.165, 1.54) is 18.7 Å². The highest BCUT2D eigenvalue weighted by Gasteiger charge is 2.22. The molecule has 1 heterocycles. The van der Waals surface area contributed by atoms with Crippen LogP contribution in [0.15, 0.2) is 102 Å². The van der Waals surface area contributed by atoms with Gasteiger partial charge in [-0.05, 0) is 73.2 Å². The maximum atomic E-state index is 12.9.